The second kappa shape index (κ2) is 36.6. The molecule has 0 heterocycles. The Labute approximate surface area is 325 Å². The summed E-state index contributed by atoms with van der Waals surface area (Å²) in [4.78, 5) is 22.8. The van der Waals surface area contributed by atoms with Gasteiger partial charge < -0.3 is 18.9 Å². The summed E-state index contributed by atoms with van der Waals surface area (Å²) in [6, 6.07) is 0. The number of rotatable bonds is 36. The third-order valence-electron chi connectivity index (χ3n) is 7.95. The second-order valence-electron chi connectivity index (χ2n) is 14.2. The van der Waals surface area contributed by atoms with E-state index in [1.807, 2.05) is 21.1 Å². The molecular formula is C44H77NO7P+. The molecule has 304 valence electrons. The first kappa shape index (κ1) is 50.7. The molecule has 0 aliphatic carbocycles. The van der Waals surface area contributed by atoms with Crippen molar-refractivity contribution >= 4 is 13.8 Å². The quantitative estimate of drug-likeness (QED) is 0.0223. The van der Waals surface area contributed by atoms with Crippen LogP contribution in [0.3, 0.4) is 0 Å². The highest BCUT2D eigenvalue weighted by atomic mass is 31.2. The molecule has 0 saturated heterocycles. The lowest BCUT2D eigenvalue weighted by molar-refractivity contribution is -0.870. The monoisotopic (exact) mass is 763 g/mol. The molecule has 1 N–H and O–H groups in total. The lowest BCUT2D eigenvalue weighted by atomic mass is 10.1. The van der Waals surface area contributed by atoms with Crippen LogP contribution in [0.1, 0.15) is 129 Å². The predicted octanol–water partition coefficient (Wildman–Crippen LogP) is 11.7. The summed E-state index contributed by atoms with van der Waals surface area (Å²) in [5, 5.41) is 0. The van der Waals surface area contributed by atoms with Crippen molar-refractivity contribution in [3.05, 3.63) is 85.1 Å². The summed E-state index contributed by atoms with van der Waals surface area (Å²) in [6.45, 7) is 5.20. The number of hydrogen-bond acceptors (Lipinski definition) is 6. The zero-order valence-electron chi connectivity index (χ0n) is 34.2. The number of unbranched alkanes of at least 4 members (excludes halogenated alkanes) is 8. The van der Waals surface area contributed by atoms with Crippen LogP contribution in [0.25, 0.3) is 0 Å². The Hall–Kier alpha value is -2.32. The maximum atomic E-state index is 12.7. The van der Waals surface area contributed by atoms with E-state index in [1.165, 1.54) is 19.3 Å². The molecule has 0 rings (SSSR count). The number of carbonyl (C=O) groups is 1. The zero-order valence-corrected chi connectivity index (χ0v) is 35.1. The molecule has 2 unspecified atom stereocenters. The third-order valence-corrected chi connectivity index (χ3v) is 8.94. The minimum absolute atomic E-state index is 0.0715. The van der Waals surface area contributed by atoms with E-state index in [0.717, 1.165) is 89.9 Å². The minimum Gasteiger partial charge on any atom is -0.457 e. The van der Waals surface area contributed by atoms with Crippen molar-refractivity contribution in [3.63, 3.8) is 0 Å². The van der Waals surface area contributed by atoms with E-state index in [2.05, 4.69) is 98.9 Å². The number of hydrogen-bond donors (Lipinski definition) is 1. The van der Waals surface area contributed by atoms with Crippen molar-refractivity contribution in [2.75, 3.05) is 54.1 Å². The first-order valence-corrected chi connectivity index (χ1v) is 21.8. The van der Waals surface area contributed by atoms with Crippen LogP contribution in [-0.2, 0) is 27.9 Å². The van der Waals surface area contributed by atoms with Gasteiger partial charge in [0.2, 0.25) is 0 Å². The molecule has 0 amide bonds. The van der Waals surface area contributed by atoms with Crippen LogP contribution in [0.5, 0.6) is 0 Å². The lowest BCUT2D eigenvalue weighted by Gasteiger charge is -2.24. The second-order valence-corrected chi connectivity index (χ2v) is 15.7. The average molecular weight is 763 g/mol. The van der Waals surface area contributed by atoms with E-state index in [4.69, 9.17) is 18.5 Å². The molecule has 2 atom stereocenters. The summed E-state index contributed by atoms with van der Waals surface area (Å²) < 4.78 is 34.8. The largest absolute Gasteiger partial charge is 0.472 e. The Kier molecular flexibility index (Phi) is 35.0. The molecule has 0 aliphatic heterocycles. The van der Waals surface area contributed by atoms with Gasteiger partial charge in [-0.2, -0.15) is 0 Å². The lowest BCUT2D eigenvalue weighted by Crippen LogP contribution is -2.37. The molecule has 0 aromatic rings. The number of carbonyl (C=O) groups excluding carboxylic acids is 1. The van der Waals surface area contributed by atoms with Gasteiger partial charge in [-0.1, -0.05) is 131 Å². The van der Waals surface area contributed by atoms with Gasteiger partial charge in [0.05, 0.1) is 34.4 Å². The molecule has 8 nitrogen and oxygen atoms in total. The molecule has 0 aliphatic rings. The van der Waals surface area contributed by atoms with Crippen LogP contribution >= 0.6 is 7.82 Å². The Bertz CT molecular complexity index is 1120. The predicted molar refractivity (Wildman–Crippen MR) is 224 cm³/mol. The number of ether oxygens (including phenoxy) is 2. The number of esters is 1. The van der Waals surface area contributed by atoms with Crippen LogP contribution < -0.4 is 0 Å². The van der Waals surface area contributed by atoms with Crippen LogP contribution in [0, 0.1) is 0 Å². The summed E-state index contributed by atoms with van der Waals surface area (Å²) in [6.07, 6.45) is 47.7. The number of allylic oxidation sites excluding steroid dienone is 14. The van der Waals surface area contributed by atoms with Crippen molar-refractivity contribution < 1.29 is 37.3 Å². The van der Waals surface area contributed by atoms with Gasteiger partial charge in [0.1, 0.15) is 19.3 Å². The van der Waals surface area contributed by atoms with Crippen LogP contribution in [0.4, 0.5) is 0 Å². The van der Waals surface area contributed by atoms with Crippen molar-refractivity contribution in [1.82, 2.24) is 0 Å². The minimum atomic E-state index is -4.29. The Morgan fingerprint density at radius 3 is 1.55 bits per heavy atom. The van der Waals surface area contributed by atoms with E-state index in [-0.39, 0.29) is 25.8 Å². The van der Waals surface area contributed by atoms with Gasteiger partial charge in [0, 0.05) is 13.0 Å². The Morgan fingerprint density at radius 1 is 0.585 bits per heavy atom. The maximum Gasteiger partial charge on any atom is 0.472 e. The molecular weight excluding hydrogens is 685 g/mol. The Balaban J connectivity index is 4.39. The first-order chi connectivity index (χ1) is 25.6. The summed E-state index contributed by atoms with van der Waals surface area (Å²) in [7, 11) is 1.61. The van der Waals surface area contributed by atoms with Gasteiger partial charge >= 0.3 is 13.8 Å². The normalized spacial score (nSPS) is 14.8. The van der Waals surface area contributed by atoms with Crippen LogP contribution in [0.2, 0.25) is 0 Å². The molecule has 0 aromatic carbocycles. The van der Waals surface area contributed by atoms with E-state index in [1.54, 1.807) is 0 Å². The fourth-order valence-corrected chi connectivity index (χ4v) is 5.60. The highest BCUT2D eigenvalue weighted by Gasteiger charge is 2.26. The van der Waals surface area contributed by atoms with Gasteiger partial charge in [-0.15, -0.1) is 0 Å². The molecule has 9 heteroatoms. The SMILES string of the molecule is CC/C=C\C/C=C\C/C=C\C/C=C\CCCOCC(COP(=O)(O)OCC[N+](C)(C)C)OC(=O)CCCCCCCCC/C=C\C/C=C\C/C=C\CC. The van der Waals surface area contributed by atoms with E-state index >= 15 is 0 Å². The molecule has 0 spiro atoms. The van der Waals surface area contributed by atoms with Gasteiger partial charge in [-0.25, -0.2) is 4.57 Å². The van der Waals surface area contributed by atoms with E-state index < -0.39 is 13.9 Å². The fraction of sp³-hybridized carbons (Fsp3) is 0.659. The first-order valence-electron chi connectivity index (χ1n) is 20.3. The molecule has 0 aromatic heterocycles. The average Bonchev–Trinajstić information content (AvgIpc) is 3.11. The smallest absolute Gasteiger partial charge is 0.457 e. The summed E-state index contributed by atoms with van der Waals surface area (Å²) >= 11 is 0. The van der Waals surface area contributed by atoms with Crippen LogP contribution in [-0.4, -0.2) is 75.6 Å². The molecule has 0 fully saturated rings. The number of quaternary nitrogens is 1. The van der Waals surface area contributed by atoms with Crippen molar-refractivity contribution in [1.29, 1.82) is 0 Å². The third kappa shape index (κ3) is 40.7. The number of phosphoric ester groups is 1. The van der Waals surface area contributed by atoms with Gasteiger partial charge in [-0.3, -0.25) is 13.8 Å². The molecule has 0 saturated carbocycles. The highest BCUT2D eigenvalue weighted by Crippen LogP contribution is 2.43. The highest BCUT2D eigenvalue weighted by molar-refractivity contribution is 7.47. The summed E-state index contributed by atoms with van der Waals surface area (Å²) in [5.41, 5.74) is 0. The fourth-order valence-electron chi connectivity index (χ4n) is 4.86. The number of nitrogens with zero attached hydrogens (tertiary/aromatic N) is 1. The zero-order chi connectivity index (χ0) is 39.1. The summed E-state index contributed by atoms with van der Waals surface area (Å²) in [5.74, 6) is -0.347. The maximum absolute atomic E-state index is 12.7. The van der Waals surface area contributed by atoms with Crippen molar-refractivity contribution in [2.45, 2.75) is 136 Å². The topological polar surface area (TPSA) is 91.3 Å². The van der Waals surface area contributed by atoms with Gasteiger partial charge in [-0.05, 0) is 77.0 Å². The number of phosphoric acid groups is 1. The standard InChI is InChI=1S/C44H76NO7P/c1-6-8-10-12-14-16-18-20-22-23-24-25-27-29-31-33-35-37-44(46)52-43(42-51-53(47,48)50-40-38-45(3,4)5)41-49-39-36-34-32-30-28-26-21-19-17-15-13-11-9-7-2/h8-11,14-17,20-22,26,30,32,43H,6-7,12-13,18-19,23-25,27-29,31,33-42H2,1-5H3/p+1/b10-8-,11-9-,16-14-,17-15-,22-20-,26-21-,32-30-. The molecule has 53 heavy (non-hydrogen) atoms. The Morgan fingerprint density at radius 2 is 1.04 bits per heavy atom. The number of likely N-dealkylation sites (N-methyl/N-ethyl adjacent to an activating group) is 1. The van der Waals surface area contributed by atoms with Gasteiger partial charge in [0.15, 0.2) is 0 Å². The van der Waals surface area contributed by atoms with Crippen LogP contribution in [0.15, 0.2) is 85.1 Å². The van der Waals surface area contributed by atoms with E-state index in [9.17, 15) is 14.3 Å². The molecule has 0 radical (unpaired) electrons. The molecule has 0 bridgehead atoms. The van der Waals surface area contributed by atoms with Crippen molar-refractivity contribution in [2.24, 2.45) is 0 Å². The van der Waals surface area contributed by atoms with E-state index in [0.29, 0.717) is 24.1 Å². The van der Waals surface area contributed by atoms with Gasteiger partial charge in [0.25, 0.3) is 0 Å². The van der Waals surface area contributed by atoms with Crippen molar-refractivity contribution in [3.8, 4) is 0 Å².